The third-order valence-electron chi connectivity index (χ3n) is 8.67. The Hall–Kier alpha value is -4.66. The average Bonchev–Trinajstić information content (AvgIpc) is 3.40. The van der Waals surface area contributed by atoms with Gasteiger partial charge >= 0.3 is 0 Å². The summed E-state index contributed by atoms with van der Waals surface area (Å²) in [6.07, 6.45) is 0. The molecule has 0 unspecified atom stereocenters. The molecule has 1 aliphatic heterocycles. The number of hydrogen-bond acceptors (Lipinski definition) is 2. The third kappa shape index (κ3) is 3.83. The van der Waals surface area contributed by atoms with E-state index in [0.717, 1.165) is 0 Å². The van der Waals surface area contributed by atoms with E-state index in [4.69, 9.17) is 0 Å². The summed E-state index contributed by atoms with van der Waals surface area (Å²) in [5.41, 5.74) is 11.2. The standard InChI is InChI=1S/C39H29NS/c1-39(2)33-13-7-8-14-35(33)40(30-20-16-27(17-21-30)26-10-4-3-5-11-26)36-23-19-28(24-34(36)39)29-18-22-32-31-12-6-9-15-37(31)41-38(32)25-29/h3-25H,1-2H3. The van der Waals surface area contributed by atoms with Gasteiger partial charge in [-0.3, -0.25) is 0 Å². The summed E-state index contributed by atoms with van der Waals surface area (Å²) in [4.78, 5) is 2.43. The zero-order valence-corrected chi connectivity index (χ0v) is 24.0. The molecule has 0 atom stereocenters. The van der Waals surface area contributed by atoms with Crippen molar-refractivity contribution in [2.45, 2.75) is 19.3 Å². The number of fused-ring (bicyclic) bond motifs is 5. The molecular formula is C39H29NS. The average molecular weight is 544 g/mol. The summed E-state index contributed by atoms with van der Waals surface area (Å²) >= 11 is 1.88. The van der Waals surface area contributed by atoms with Crippen LogP contribution < -0.4 is 4.90 Å². The van der Waals surface area contributed by atoms with Gasteiger partial charge in [0.2, 0.25) is 0 Å². The SMILES string of the molecule is CC1(C)c2ccccc2N(c2ccc(-c3ccccc3)cc2)c2ccc(-c3ccc4c(c3)sc3ccccc34)cc21. The fourth-order valence-corrected chi connectivity index (χ4v) is 7.65. The molecule has 1 nitrogen and oxygen atoms in total. The summed E-state index contributed by atoms with van der Waals surface area (Å²) in [5.74, 6) is 0. The number of rotatable bonds is 3. The second-order valence-corrected chi connectivity index (χ2v) is 12.5. The summed E-state index contributed by atoms with van der Waals surface area (Å²) in [6, 6.07) is 51.1. The molecule has 2 heteroatoms. The predicted octanol–water partition coefficient (Wildman–Crippen LogP) is 11.5. The van der Waals surface area contributed by atoms with E-state index in [1.165, 1.54) is 70.6 Å². The van der Waals surface area contributed by atoms with Gasteiger partial charge in [-0.1, -0.05) is 111 Å². The van der Waals surface area contributed by atoms with Crippen LogP contribution in [0.3, 0.4) is 0 Å². The van der Waals surface area contributed by atoms with E-state index in [9.17, 15) is 0 Å². The van der Waals surface area contributed by atoms with Crippen LogP contribution in [0.15, 0.2) is 140 Å². The molecule has 0 fully saturated rings. The van der Waals surface area contributed by atoms with Crippen molar-refractivity contribution in [1.29, 1.82) is 0 Å². The Morgan fingerprint density at radius 1 is 0.463 bits per heavy atom. The highest BCUT2D eigenvalue weighted by Crippen LogP contribution is 2.52. The van der Waals surface area contributed by atoms with E-state index in [-0.39, 0.29) is 5.41 Å². The highest BCUT2D eigenvalue weighted by Gasteiger charge is 2.37. The van der Waals surface area contributed by atoms with Gasteiger partial charge in [-0.2, -0.15) is 0 Å². The van der Waals surface area contributed by atoms with E-state index in [2.05, 4.69) is 158 Å². The van der Waals surface area contributed by atoms with Crippen LogP contribution in [0.25, 0.3) is 42.4 Å². The van der Waals surface area contributed by atoms with Crippen LogP contribution >= 0.6 is 11.3 Å². The summed E-state index contributed by atoms with van der Waals surface area (Å²) < 4.78 is 2.68. The lowest BCUT2D eigenvalue weighted by atomic mass is 9.73. The fourth-order valence-electron chi connectivity index (χ4n) is 6.50. The molecule has 41 heavy (non-hydrogen) atoms. The van der Waals surface area contributed by atoms with Crippen LogP contribution in [0, 0.1) is 0 Å². The molecule has 0 amide bonds. The Balaban J connectivity index is 1.26. The Morgan fingerprint density at radius 3 is 1.93 bits per heavy atom. The number of thiophene rings is 1. The minimum absolute atomic E-state index is 0.135. The Morgan fingerprint density at radius 2 is 1.07 bits per heavy atom. The minimum atomic E-state index is -0.135. The largest absolute Gasteiger partial charge is 0.310 e. The van der Waals surface area contributed by atoms with E-state index in [0.29, 0.717) is 0 Å². The Kier molecular flexibility index (Phi) is 5.42. The first-order valence-electron chi connectivity index (χ1n) is 14.2. The van der Waals surface area contributed by atoms with Gasteiger partial charge in [-0.25, -0.2) is 0 Å². The van der Waals surface area contributed by atoms with Crippen molar-refractivity contribution in [1.82, 2.24) is 0 Å². The Labute approximate surface area is 245 Å². The van der Waals surface area contributed by atoms with Crippen molar-refractivity contribution in [3.8, 4) is 22.3 Å². The number of nitrogens with zero attached hydrogens (tertiary/aromatic N) is 1. The molecule has 196 valence electrons. The van der Waals surface area contributed by atoms with Gasteiger partial charge in [0.25, 0.3) is 0 Å². The van der Waals surface area contributed by atoms with E-state index >= 15 is 0 Å². The topological polar surface area (TPSA) is 3.24 Å². The maximum atomic E-state index is 2.43. The summed E-state index contributed by atoms with van der Waals surface area (Å²) in [7, 11) is 0. The lowest BCUT2D eigenvalue weighted by molar-refractivity contribution is 0.632. The number of para-hydroxylation sites is 1. The van der Waals surface area contributed by atoms with Crippen molar-refractivity contribution in [3.63, 3.8) is 0 Å². The van der Waals surface area contributed by atoms with E-state index in [1.807, 2.05) is 11.3 Å². The smallest absolute Gasteiger partial charge is 0.0503 e. The first-order valence-corrected chi connectivity index (χ1v) is 15.0. The third-order valence-corrected chi connectivity index (χ3v) is 9.81. The van der Waals surface area contributed by atoms with Gasteiger partial charge in [0.1, 0.15) is 0 Å². The number of benzene rings is 6. The Bertz CT molecular complexity index is 2070. The fraction of sp³-hybridized carbons (Fsp3) is 0.0769. The molecule has 6 aromatic carbocycles. The van der Waals surface area contributed by atoms with Gasteiger partial charge in [-0.15, -0.1) is 11.3 Å². The predicted molar refractivity (Wildman–Crippen MR) is 177 cm³/mol. The van der Waals surface area contributed by atoms with Crippen LogP contribution in [-0.4, -0.2) is 0 Å². The van der Waals surface area contributed by atoms with Gasteiger partial charge < -0.3 is 4.90 Å². The van der Waals surface area contributed by atoms with Crippen molar-refractivity contribution in [3.05, 3.63) is 151 Å². The van der Waals surface area contributed by atoms with Crippen molar-refractivity contribution < 1.29 is 0 Å². The second kappa shape index (κ2) is 9.19. The molecule has 0 bridgehead atoms. The maximum absolute atomic E-state index is 2.43. The maximum Gasteiger partial charge on any atom is 0.0503 e. The molecule has 7 aromatic rings. The molecule has 0 radical (unpaired) electrons. The minimum Gasteiger partial charge on any atom is -0.310 e. The zero-order valence-electron chi connectivity index (χ0n) is 23.1. The highest BCUT2D eigenvalue weighted by molar-refractivity contribution is 7.25. The molecule has 0 spiro atoms. The summed E-state index contributed by atoms with van der Waals surface area (Å²) in [6.45, 7) is 4.72. The van der Waals surface area contributed by atoms with Gasteiger partial charge in [-0.05, 0) is 75.8 Å². The first-order chi connectivity index (χ1) is 20.1. The molecule has 2 heterocycles. The van der Waals surface area contributed by atoms with Gasteiger partial charge in [0, 0.05) is 31.3 Å². The van der Waals surface area contributed by atoms with Crippen LogP contribution in [0.4, 0.5) is 17.1 Å². The molecule has 0 saturated heterocycles. The summed E-state index contributed by atoms with van der Waals surface area (Å²) in [5, 5.41) is 2.68. The lowest BCUT2D eigenvalue weighted by Gasteiger charge is -2.42. The monoisotopic (exact) mass is 543 g/mol. The van der Waals surface area contributed by atoms with Gasteiger partial charge in [0.15, 0.2) is 0 Å². The lowest BCUT2D eigenvalue weighted by Crippen LogP contribution is -2.30. The number of anilines is 3. The van der Waals surface area contributed by atoms with E-state index < -0.39 is 0 Å². The van der Waals surface area contributed by atoms with E-state index in [1.54, 1.807) is 0 Å². The molecule has 8 rings (SSSR count). The quantitative estimate of drug-likeness (QED) is 0.214. The molecule has 0 aliphatic carbocycles. The molecule has 1 aliphatic rings. The molecular weight excluding hydrogens is 515 g/mol. The first kappa shape index (κ1) is 24.2. The molecule has 0 N–H and O–H groups in total. The normalized spacial score (nSPS) is 13.8. The highest BCUT2D eigenvalue weighted by atomic mass is 32.1. The van der Waals surface area contributed by atoms with Gasteiger partial charge in [0.05, 0.1) is 11.4 Å². The zero-order chi connectivity index (χ0) is 27.6. The van der Waals surface area contributed by atoms with Crippen LogP contribution in [0.2, 0.25) is 0 Å². The van der Waals surface area contributed by atoms with Crippen LogP contribution in [-0.2, 0) is 5.41 Å². The van der Waals surface area contributed by atoms with Crippen molar-refractivity contribution in [2.75, 3.05) is 4.90 Å². The molecule has 0 saturated carbocycles. The van der Waals surface area contributed by atoms with Crippen LogP contribution in [0.5, 0.6) is 0 Å². The molecule has 1 aromatic heterocycles. The van der Waals surface area contributed by atoms with Crippen molar-refractivity contribution in [2.24, 2.45) is 0 Å². The van der Waals surface area contributed by atoms with Crippen molar-refractivity contribution >= 4 is 48.6 Å². The van der Waals surface area contributed by atoms with Crippen LogP contribution in [0.1, 0.15) is 25.0 Å². The second-order valence-electron chi connectivity index (χ2n) is 11.4. The number of hydrogen-bond donors (Lipinski definition) is 0.